The molecule has 0 aromatic heterocycles. The highest BCUT2D eigenvalue weighted by atomic mass is 16.5. The number of carboxylic acids is 2. The van der Waals surface area contributed by atoms with Crippen molar-refractivity contribution in [3.63, 3.8) is 0 Å². The van der Waals surface area contributed by atoms with Crippen LogP contribution in [0.1, 0.15) is 33.8 Å². The van der Waals surface area contributed by atoms with Gasteiger partial charge in [0.1, 0.15) is 5.75 Å². The molecule has 0 heterocycles. The number of benzene rings is 2. The van der Waals surface area contributed by atoms with Crippen LogP contribution in [0, 0.1) is 6.92 Å². The molecule has 0 bridgehead atoms. The van der Waals surface area contributed by atoms with Crippen molar-refractivity contribution in [1.29, 1.82) is 0 Å². The van der Waals surface area contributed by atoms with Crippen LogP contribution in [0.3, 0.4) is 0 Å². The third-order valence-electron chi connectivity index (χ3n) is 3.55. The molecule has 0 amide bonds. The van der Waals surface area contributed by atoms with E-state index in [0.717, 1.165) is 5.56 Å². The Morgan fingerprint density at radius 3 is 2.13 bits per heavy atom. The molecule has 120 valence electrons. The number of aliphatic carboxylic acids is 1. The van der Waals surface area contributed by atoms with Crippen LogP contribution < -0.4 is 4.74 Å². The van der Waals surface area contributed by atoms with Gasteiger partial charge in [0, 0.05) is 0 Å². The summed E-state index contributed by atoms with van der Waals surface area (Å²) in [5, 5.41) is 18.2. The maximum atomic E-state index is 11.4. The average Bonchev–Trinajstić information content (AvgIpc) is 2.53. The number of hydrogen-bond acceptors (Lipinski definition) is 3. The van der Waals surface area contributed by atoms with Gasteiger partial charge in [-0.1, -0.05) is 29.8 Å². The zero-order chi connectivity index (χ0) is 16.8. The van der Waals surface area contributed by atoms with E-state index in [2.05, 4.69) is 0 Å². The fourth-order valence-corrected chi connectivity index (χ4v) is 2.22. The molecule has 5 heteroatoms. The van der Waals surface area contributed by atoms with Gasteiger partial charge in [0.2, 0.25) is 0 Å². The lowest BCUT2D eigenvalue weighted by Gasteiger charge is -2.14. The zero-order valence-corrected chi connectivity index (χ0v) is 12.7. The van der Waals surface area contributed by atoms with Gasteiger partial charge in [0.25, 0.3) is 0 Å². The maximum Gasteiger partial charge on any atom is 0.335 e. The van der Waals surface area contributed by atoms with E-state index in [4.69, 9.17) is 9.84 Å². The van der Waals surface area contributed by atoms with Gasteiger partial charge in [0.15, 0.2) is 0 Å². The lowest BCUT2D eigenvalue weighted by molar-refractivity contribution is -0.139. The molecule has 0 fully saturated rings. The maximum absolute atomic E-state index is 11.4. The van der Waals surface area contributed by atoms with Crippen LogP contribution in [-0.4, -0.2) is 28.8 Å². The second kappa shape index (κ2) is 7.45. The summed E-state index contributed by atoms with van der Waals surface area (Å²) in [5.41, 5.74) is 1.82. The van der Waals surface area contributed by atoms with Gasteiger partial charge in [-0.25, -0.2) is 4.79 Å². The molecule has 2 rings (SSSR count). The fourth-order valence-electron chi connectivity index (χ4n) is 2.22. The Morgan fingerprint density at radius 2 is 1.61 bits per heavy atom. The van der Waals surface area contributed by atoms with Gasteiger partial charge in [-0.05, 0) is 43.2 Å². The molecule has 1 atom stereocenters. The summed E-state index contributed by atoms with van der Waals surface area (Å²) >= 11 is 0. The van der Waals surface area contributed by atoms with Crippen molar-refractivity contribution in [1.82, 2.24) is 0 Å². The van der Waals surface area contributed by atoms with E-state index in [9.17, 15) is 14.7 Å². The van der Waals surface area contributed by atoms with Crippen molar-refractivity contribution in [3.8, 4) is 5.75 Å². The van der Waals surface area contributed by atoms with Crippen molar-refractivity contribution in [2.75, 3.05) is 6.61 Å². The summed E-state index contributed by atoms with van der Waals surface area (Å²) in [4.78, 5) is 22.3. The van der Waals surface area contributed by atoms with Gasteiger partial charge >= 0.3 is 11.9 Å². The molecule has 0 aliphatic carbocycles. The summed E-state index contributed by atoms with van der Waals surface area (Å²) in [6.45, 7) is 2.24. The molecule has 2 aromatic rings. The van der Waals surface area contributed by atoms with Crippen molar-refractivity contribution in [2.24, 2.45) is 0 Å². The predicted molar refractivity (Wildman–Crippen MR) is 85.1 cm³/mol. The quantitative estimate of drug-likeness (QED) is 0.819. The van der Waals surface area contributed by atoms with Crippen LogP contribution in [0.4, 0.5) is 0 Å². The highest BCUT2D eigenvalue weighted by Crippen LogP contribution is 2.22. The van der Waals surface area contributed by atoms with Crippen molar-refractivity contribution in [3.05, 3.63) is 65.2 Å². The number of carboxylic acid groups (broad SMARTS) is 2. The van der Waals surface area contributed by atoms with Crippen LogP contribution in [0.5, 0.6) is 5.75 Å². The smallest absolute Gasteiger partial charge is 0.335 e. The van der Waals surface area contributed by atoms with E-state index in [0.29, 0.717) is 17.7 Å². The number of ether oxygens (including phenoxy) is 1. The first-order chi connectivity index (χ1) is 11.0. The molecule has 0 saturated carbocycles. The van der Waals surface area contributed by atoms with Crippen molar-refractivity contribution in [2.45, 2.75) is 19.3 Å². The lowest BCUT2D eigenvalue weighted by Crippen LogP contribution is -2.15. The standard InChI is InChI=1S/C18H18O5/c1-12-2-8-15(9-3-12)23-11-10-16(18(21)22)13-4-6-14(7-5-13)17(19)20/h2-9,16H,10-11H2,1H3,(H,19,20)(H,21,22). The van der Waals surface area contributed by atoms with Crippen molar-refractivity contribution < 1.29 is 24.5 Å². The largest absolute Gasteiger partial charge is 0.494 e. The van der Waals surface area contributed by atoms with Crippen LogP contribution in [0.2, 0.25) is 0 Å². The van der Waals surface area contributed by atoms with Crippen LogP contribution >= 0.6 is 0 Å². The Balaban J connectivity index is 1.99. The first-order valence-corrected chi connectivity index (χ1v) is 7.23. The van der Waals surface area contributed by atoms with E-state index in [1.54, 1.807) is 0 Å². The third-order valence-corrected chi connectivity index (χ3v) is 3.55. The number of aryl methyl sites for hydroxylation is 1. The summed E-state index contributed by atoms with van der Waals surface area (Å²) in [7, 11) is 0. The SMILES string of the molecule is Cc1ccc(OCCC(C(=O)O)c2ccc(C(=O)O)cc2)cc1. The summed E-state index contributed by atoms with van der Waals surface area (Å²) in [6.07, 6.45) is 0.301. The predicted octanol–water partition coefficient (Wildman–Crippen LogP) is 3.33. The molecule has 0 aliphatic heterocycles. The number of rotatable bonds is 7. The van der Waals surface area contributed by atoms with Gasteiger partial charge in [0.05, 0.1) is 18.1 Å². The highest BCUT2D eigenvalue weighted by Gasteiger charge is 2.20. The normalized spacial score (nSPS) is 11.7. The molecule has 2 aromatic carbocycles. The molecule has 2 N–H and O–H groups in total. The van der Waals surface area contributed by atoms with Gasteiger partial charge in [-0.15, -0.1) is 0 Å². The second-order valence-corrected chi connectivity index (χ2v) is 5.27. The minimum atomic E-state index is -1.04. The Bertz CT molecular complexity index is 674. The average molecular weight is 314 g/mol. The molecule has 0 saturated heterocycles. The molecule has 5 nitrogen and oxygen atoms in total. The van der Waals surface area contributed by atoms with Gasteiger partial charge in [-0.3, -0.25) is 4.79 Å². The van der Waals surface area contributed by atoms with Crippen LogP contribution in [0.25, 0.3) is 0 Å². The Kier molecular flexibility index (Phi) is 5.36. The van der Waals surface area contributed by atoms with E-state index in [-0.39, 0.29) is 12.2 Å². The molecule has 23 heavy (non-hydrogen) atoms. The van der Waals surface area contributed by atoms with Crippen molar-refractivity contribution >= 4 is 11.9 Å². The third kappa shape index (κ3) is 4.57. The summed E-state index contributed by atoms with van der Waals surface area (Å²) < 4.78 is 5.57. The summed E-state index contributed by atoms with van der Waals surface area (Å²) in [6, 6.07) is 13.4. The number of carbonyl (C=O) groups is 2. The van der Waals surface area contributed by atoms with E-state index < -0.39 is 17.9 Å². The highest BCUT2D eigenvalue weighted by molar-refractivity contribution is 5.87. The first kappa shape index (κ1) is 16.5. The fraction of sp³-hybridized carbons (Fsp3) is 0.222. The molecular weight excluding hydrogens is 296 g/mol. The van der Waals surface area contributed by atoms with Gasteiger partial charge in [-0.2, -0.15) is 0 Å². The van der Waals surface area contributed by atoms with E-state index in [1.807, 2.05) is 31.2 Å². The van der Waals surface area contributed by atoms with E-state index in [1.165, 1.54) is 24.3 Å². The minimum absolute atomic E-state index is 0.133. The first-order valence-electron chi connectivity index (χ1n) is 7.23. The Labute approximate surface area is 134 Å². The molecule has 0 radical (unpaired) electrons. The minimum Gasteiger partial charge on any atom is -0.494 e. The summed E-state index contributed by atoms with van der Waals surface area (Å²) in [5.74, 6) is -2.03. The van der Waals surface area contributed by atoms with Gasteiger partial charge < -0.3 is 14.9 Å². The molecule has 0 aliphatic rings. The lowest BCUT2D eigenvalue weighted by atomic mass is 9.95. The Morgan fingerprint density at radius 1 is 1.00 bits per heavy atom. The number of aromatic carboxylic acids is 1. The topological polar surface area (TPSA) is 83.8 Å². The van der Waals surface area contributed by atoms with Crippen LogP contribution in [-0.2, 0) is 4.79 Å². The van der Waals surface area contributed by atoms with E-state index >= 15 is 0 Å². The molecular formula is C18H18O5. The molecule has 0 spiro atoms. The Hall–Kier alpha value is -2.82. The van der Waals surface area contributed by atoms with Crippen LogP contribution in [0.15, 0.2) is 48.5 Å². The zero-order valence-electron chi connectivity index (χ0n) is 12.7. The number of hydrogen-bond donors (Lipinski definition) is 2. The second-order valence-electron chi connectivity index (χ2n) is 5.27. The molecule has 1 unspecified atom stereocenters. The monoisotopic (exact) mass is 314 g/mol.